The second-order valence-corrected chi connectivity index (χ2v) is 2.82. The molecule has 0 aliphatic carbocycles. The highest BCUT2D eigenvalue weighted by atomic mass is 16.5. The molecule has 0 saturated heterocycles. The van der Waals surface area contributed by atoms with Crippen LogP contribution in [0.1, 0.15) is 12.5 Å². The number of hydrogen-bond donors (Lipinski definition) is 1. The monoisotopic (exact) mass is 176 g/mol. The third-order valence-corrected chi connectivity index (χ3v) is 1.66. The number of ether oxygens (including phenoxy) is 1. The van der Waals surface area contributed by atoms with Crippen molar-refractivity contribution in [2.24, 2.45) is 0 Å². The van der Waals surface area contributed by atoms with Gasteiger partial charge in [0, 0.05) is 5.69 Å². The fraction of sp³-hybridized carbons (Fsp3) is 0.300. The fourth-order valence-electron chi connectivity index (χ4n) is 0.872. The highest BCUT2D eigenvalue weighted by Gasteiger charge is 1.99. The maximum Gasteiger partial charge on any atom is 0.141 e. The maximum atomic E-state index is 8.46. The van der Waals surface area contributed by atoms with Gasteiger partial charge in [0.1, 0.15) is 6.10 Å². The summed E-state index contributed by atoms with van der Waals surface area (Å²) in [5.74, 6) is 0. The quantitative estimate of drug-likeness (QED) is 0.713. The van der Waals surface area contributed by atoms with Crippen molar-refractivity contribution in [3.63, 3.8) is 0 Å². The molecule has 3 heteroatoms. The first-order valence-electron chi connectivity index (χ1n) is 4.08. The first-order chi connectivity index (χ1) is 6.22. The minimum Gasteiger partial charge on any atom is -0.399 e. The number of nitrogens with two attached hydrogens (primary N) is 1. The molecule has 0 radical (unpaired) electrons. The molecule has 2 N–H and O–H groups in total. The second-order valence-electron chi connectivity index (χ2n) is 2.82. The van der Waals surface area contributed by atoms with Gasteiger partial charge in [-0.15, -0.1) is 0 Å². The fourth-order valence-corrected chi connectivity index (χ4v) is 0.872. The molecule has 13 heavy (non-hydrogen) atoms. The summed E-state index contributed by atoms with van der Waals surface area (Å²) in [6.07, 6.45) is -0.363. The number of anilines is 1. The van der Waals surface area contributed by atoms with Gasteiger partial charge in [-0.3, -0.25) is 0 Å². The van der Waals surface area contributed by atoms with Crippen LogP contribution in [0.2, 0.25) is 0 Å². The number of hydrogen-bond acceptors (Lipinski definition) is 3. The average Bonchev–Trinajstić information content (AvgIpc) is 2.16. The van der Waals surface area contributed by atoms with E-state index in [0.29, 0.717) is 6.61 Å². The lowest BCUT2D eigenvalue weighted by Crippen LogP contribution is -2.04. The predicted octanol–water partition coefficient (Wildman–Crippen LogP) is 1.70. The molecule has 1 unspecified atom stereocenters. The van der Waals surface area contributed by atoms with Gasteiger partial charge in [0.2, 0.25) is 0 Å². The van der Waals surface area contributed by atoms with Gasteiger partial charge >= 0.3 is 0 Å². The van der Waals surface area contributed by atoms with E-state index in [9.17, 15) is 0 Å². The van der Waals surface area contributed by atoms with Gasteiger partial charge in [-0.1, -0.05) is 12.1 Å². The Morgan fingerprint density at radius 3 is 2.62 bits per heavy atom. The van der Waals surface area contributed by atoms with Crippen molar-refractivity contribution < 1.29 is 4.74 Å². The summed E-state index contributed by atoms with van der Waals surface area (Å²) in [6, 6.07) is 9.41. The van der Waals surface area contributed by atoms with Crippen molar-refractivity contribution in [2.45, 2.75) is 19.6 Å². The molecule has 0 amide bonds. The number of benzene rings is 1. The third kappa shape index (κ3) is 3.14. The predicted molar refractivity (Wildman–Crippen MR) is 50.7 cm³/mol. The van der Waals surface area contributed by atoms with Crippen LogP contribution in [-0.2, 0) is 11.3 Å². The van der Waals surface area contributed by atoms with Crippen LogP contribution in [-0.4, -0.2) is 6.10 Å². The minimum atomic E-state index is -0.363. The van der Waals surface area contributed by atoms with Gasteiger partial charge in [-0.05, 0) is 24.6 Å². The Morgan fingerprint density at radius 2 is 2.08 bits per heavy atom. The van der Waals surface area contributed by atoms with Crippen molar-refractivity contribution in [1.82, 2.24) is 0 Å². The van der Waals surface area contributed by atoms with E-state index in [4.69, 9.17) is 15.7 Å². The van der Waals surface area contributed by atoms with E-state index in [2.05, 4.69) is 0 Å². The zero-order chi connectivity index (χ0) is 9.68. The highest BCUT2D eigenvalue weighted by Crippen LogP contribution is 2.07. The van der Waals surface area contributed by atoms with E-state index in [-0.39, 0.29) is 6.10 Å². The summed E-state index contributed by atoms with van der Waals surface area (Å²) in [4.78, 5) is 0. The molecule has 0 aliphatic rings. The summed E-state index contributed by atoms with van der Waals surface area (Å²) in [5.41, 5.74) is 7.27. The zero-order valence-electron chi connectivity index (χ0n) is 7.53. The molecule has 1 aromatic rings. The Kier molecular flexibility index (Phi) is 3.30. The largest absolute Gasteiger partial charge is 0.399 e. The molecular formula is C10H12N2O. The lowest BCUT2D eigenvalue weighted by molar-refractivity contribution is 0.0887. The van der Waals surface area contributed by atoms with E-state index in [1.54, 1.807) is 6.92 Å². The summed E-state index contributed by atoms with van der Waals surface area (Å²) >= 11 is 0. The van der Waals surface area contributed by atoms with Gasteiger partial charge < -0.3 is 10.5 Å². The van der Waals surface area contributed by atoms with Crippen LogP contribution < -0.4 is 5.73 Å². The molecule has 68 valence electrons. The smallest absolute Gasteiger partial charge is 0.141 e. The van der Waals surface area contributed by atoms with Crippen LogP contribution in [0.5, 0.6) is 0 Å². The number of nitrogens with zero attached hydrogens (tertiary/aromatic N) is 1. The lowest BCUT2D eigenvalue weighted by atomic mass is 10.2. The number of nitriles is 1. The van der Waals surface area contributed by atoms with Crippen LogP contribution in [0.4, 0.5) is 5.69 Å². The van der Waals surface area contributed by atoms with Crippen LogP contribution >= 0.6 is 0 Å². The summed E-state index contributed by atoms with van der Waals surface area (Å²) < 4.78 is 5.22. The molecule has 0 saturated carbocycles. The second kappa shape index (κ2) is 4.48. The van der Waals surface area contributed by atoms with E-state index in [0.717, 1.165) is 11.3 Å². The molecule has 0 spiro atoms. The lowest BCUT2D eigenvalue weighted by Gasteiger charge is -2.05. The Hall–Kier alpha value is -1.53. The standard InChI is InChI=1S/C10H12N2O/c1-8(6-11)13-7-9-2-4-10(12)5-3-9/h2-5,8H,7,12H2,1H3. The molecule has 3 nitrogen and oxygen atoms in total. The SMILES string of the molecule is CC(C#N)OCc1ccc(N)cc1. The Labute approximate surface area is 77.7 Å². The highest BCUT2D eigenvalue weighted by molar-refractivity contribution is 5.39. The maximum absolute atomic E-state index is 8.46. The van der Waals surface area contributed by atoms with Crippen molar-refractivity contribution >= 4 is 5.69 Å². The average molecular weight is 176 g/mol. The van der Waals surface area contributed by atoms with Gasteiger partial charge in [0.25, 0.3) is 0 Å². The molecule has 1 rings (SSSR count). The summed E-state index contributed by atoms with van der Waals surface area (Å²) in [5, 5.41) is 8.46. The minimum absolute atomic E-state index is 0.363. The van der Waals surface area contributed by atoms with Crippen molar-refractivity contribution in [3.8, 4) is 6.07 Å². The topological polar surface area (TPSA) is 59.0 Å². The summed E-state index contributed by atoms with van der Waals surface area (Å²) in [6.45, 7) is 2.17. The Balaban J connectivity index is 2.47. The van der Waals surface area contributed by atoms with E-state index in [1.165, 1.54) is 0 Å². The van der Waals surface area contributed by atoms with Crippen LogP contribution in [0.25, 0.3) is 0 Å². The zero-order valence-corrected chi connectivity index (χ0v) is 7.53. The van der Waals surface area contributed by atoms with Crippen molar-refractivity contribution in [2.75, 3.05) is 5.73 Å². The van der Waals surface area contributed by atoms with Crippen LogP contribution in [0.15, 0.2) is 24.3 Å². The van der Waals surface area contributed by atoms with Gasteiger partial charge in [0.15, 0.2) is 0 Å². The van der Waals surface area contributed by atoms with Gasteiger partial charge in [-0.2, -0.15) is 5.26 Å². The first-order valence-corrected chi connectivity index (χ1v) is 4.08. The number of nitrogen functional groups attached to an aromatic ring is 1. The molecule has 0 bridgehead atoms. The Morgan fingerprint density at radius 1 is 1.46 bits per heavy atom. The van der Waals surface area contributed by atoms with Gasteiger partial charge in [0.05, 0.1) is 12.7 Å². The molecule has 1 aromatic carbocycles. The molecule has 0 aliphatic heterocycles. The molecule has 1 atom stereocenters. The third-order valence-electron chi connectivity index (χ3n) is 1.66. The van der Waals surface area contributed by atoms with Crippen LogP contribution in [0.3, 0.4) is 0 Å². The summed E-state index contributed by atoms with van der Waals surface area (Å²) in [7, 11) is 0. The molecule has 0 aromatic heterocycles. The van der Waals surface area contributed by atoms with Crippen LogP contribution in [0, 0.1) is 11.3 Å². The van der Waals surface area contributed by atoms with E-state index in [1.807, 2.05) is 30.3 Å². The van der Waals surface area contributed by atoms with Gasteiger partial charge in [-0.25, -0.2) is 0 Å². The molecule has 0 heterocycles. The van der Waals surface area contributed by atoms with Crippen molar-refractivity contribution in [3.05, 3.63) is 29.8 Å². The first kappa shape index (κ1) is 9.56. The Bertz CT molecular complexity index is 300. The van der Waals surface area contributed by atoms with Crippen molar-refractivity contribution in [1.29, 1.82) is 5.26 Å². The van der Waals surface area contributed by atoms with E-state index < -0.39 is 0 Å². The molecule has 0 fully saturated rings. The number of rotatable bonds is 3. The van der Waals surface area contributed by atoms with E-state index >= 15 is 0 Å². The molecular weight excluding hydrogens is 164 g/mol. The normalized spacial score (nSPS) is 12.0.